The third kappa shape index (κ3) is 2.19. The summed E-state index contributed by atoms with van der Waals surface area (Å²) in [6.45, 7) is 0. The zero-order chi connectivity index (χ0) is 15.2. The summed E-state index contributed by atoms with van der Waals surface area (Å²) in [5.41, 5.74) is 3.06. The molecule has 23 heavy (non-hydrogen) atoms. The largest absolute Gasteiger partial charge is 0.352 e. The molecule has 1 aromatic carbocycles. The Labute approximate surface area is 136 Å². The molecule has 1 aliphatic carbocycles. The summed E-state index contributed by atoms with van der Waals surface area (Å²) < 4.78 is 1.94. The summed E-state index contributed by atoms with van der Waals surface area (Å²) in [6, 6.07) is 6.76. The minimum Gasteiger partial charge on any atom is -0.352 e. The average molecular weight is 324 g/mol. The number of nitrogens with zero attached hydrogens (tertiary/aromatic N) is 4. The monoisotopic (exact) mass is 324 g/mol. The topological polar surface area (TPSA) is 70.9 Å². The number of imidazole rings is 1. The van der Waals surface area contributed by atoms with Crippen molar-refractivity contribution in [2.45, 2.75) is 31.7 Å². The Bertz CT molecular complexity index is 961. The summed E-state index contributed by atoms with van der Waals surface area (Å²) in [6.07, 6.45) is 6.88. The van der Waals surface area contributed by atoms with Crippen LogP contribution >= 0.6 is 11.3 Å². The van der Waals surface area contributed by atoms with Crippen molar-refractivity contribution in [3.63, 3.8) is 0 Å². The van der Waals surface area contributed by atoms with Crippen molar-refractivity contribution in [2.75, 3.05) is 5.32 Å². The Morgan fingerprint density at radius 3 is 2.96 bits per heavy atom. The molecule has 0 radical (unpaired) electrons. The van der Waals surface area contributed by atoms with Crippen LogP contribution in [0.4, 0.5) is 5.95 Å². The lowest BCUT2D eigenvalue weighted by Gasteiger charge is -2.09. The normalized spacial score (nSPS) is 15.8. The molecule has 0 saturated heterocycles. The first-order valence-electron chi connectivity index (χ1n) is 7.91. The van der Waals surface area contributed by atoms with Gasteiger partial charge in [-0.15, -0.1) is 11.3 Å². The van der Waals surface area contributed by atoms with Crippen LogP contribution in [0.1, 0.15) is 25.7 Å². The molecule has 2 N–H and O–H groups in total. The van der Waals surface area contributed by atoms with E-state index in [1.54, 1.807) is 11.3 Å². The van der Waals surface area contributed by atoms with Gasteiger partial charge in [0, 0.05) is 23.2 Å². The number of nitrogens with one attached hydrogen (secondary N) is 2. The first kappa shape index (κ1) is 13.1. The van der Waals surface area contributed by atoms with E-state index in [9.17, 15) is 0 Å². The van der Waals surface area contributed by atoms with Gasteiger partial charge in [0.25, 0.3) is 5.78 Å². The number of H-pyrrole nitrogens is 1. The fourth-order valence-corrected chi connectivity index (χ4v) is 3.95. The van der Waals surface area contributed by atoms with Crippen molar-refractivity contribution in [1.29, 1.82) is 0 Å². The van der Waals surface area contributed by atoms with E-state index in [0.29, 0.717) is 11.8 Å². The number of benzene rings is 1. The smallest absolute Gasteiger partial charge is 0.253 e. The lowest BCUT2D eigenvalue weighted by atomic mass is 10.2. The first-order chi connectivity index (χ1) is 11.4. The van der Waals surface area contributed by atoms with Gasteiger partial charge in [0.05, 0.1) is 11.0 Å². The van der Waals surface area contributed by atoms with Crippen molar-refractivity contribution in [3.8, 4) is 10.6 Å². The van der Waals surface area contributed by atoms with Crippen molar-refractivity contribution >= 4 is 34.1 Å². The Morgan fingerprint density at radius 1 is 1.22 bits per heavy atom. The highest BCUT2D eigenvalue weighted by Crippen LogP contribution is 2.27. The van der Waals surface area contributed by atoms with Gasteiger partial charge in [-0.2, -0.15) is 4.98 Å². The maximum absolute atomic E-state index is 4.64. The number of rotatable bonds is 3. The van der Waals surface area contributed by atoms with Crippen molar-refractivity contribution in [3.05, 3.63) is 29.8 Å². The van der Waals surface area contributed by atoms with Gasteiger partial charge in [0.1, 0.15) is 5.01 Å². The molecule has 7 heteroatoms. The van der Waals surface area contributed by atoms with Gasteiger partial charge < -0.3 is 5.32 Å². The van der Waals surface area contributed by atoms with E-state index < -0.39 is 0 Å². The molecule has 1 aliphatic rings. The lowest BCUT2D eigenvalue weighted by molar-refractivity contribution is 0.744. The molecule has 6 nitrogen and oxygen atoms in total. The van der Waals surface area contributed by atoms with Gasteiger partial charge in [-0.25, -0.2) is 14.5 Å². The average Bonchev–Trinajstić information content (AvgIpc) is 3.32. The molecule has 1 saturated carbocycles. The van der Waals surface area contributed by atoms with E-state index in [4.69, 9.17) is 0 Å². The minimum absolute atomic E-state index is 0.536. The molecular weight excluding hydrogens is 308 g/mol. The van der Waals surface area contributed by atoms with Crippen molar-refractivity contribution < 1.29 is 0 Å². The van der Waals surface area contributed by atoms with Crippen LogP contribution in [0.25, 0.3) is 27.4 Å². The molecule has 3 heterocycles. The van der Waals surface area contributed by atoms with Crippen molar-refractivity contribution in [1.82, 2.24) is 24.6 Å². The highest BCUT2D eigenvalue weighted by atomic mass is 32.1. The van der Waals surface area contributed by atoms with Crippen molar-refractivity contribution in [2.24, 2.45) is 0 Å². The Balaban J connectivity index is 1.53. The van der Waals surface area contributed by atoms with E-state index >= 15 is 0 Å². The Hall–Kier alpha value is -2.41. The van der Waals surface area contributed by atoms with Crippen LogP contribution in [0.2, 0.25) is 0 Å². The predicted octanol–water partition coefficient (Wildman–Crippen LogP) is 3.69. The predicted molar refractivity (Wildman–Crippen MR) is 91.8 cm³/mol. The van der Waals surface area contributed by atoms with Crippen LogP contribution in [0, 0.1) is 0 Å². The first-order valence-corrected chi connectivity index (χ1v) is 8.79. The van der Waals surface area contributed by atoms with E-state index in [1.807, 2.05) is 16.1 Å². The fourth-order valence-electron chi connectivity index (χ4n) is 3.31. The van der Waals surface area contributed by atoms with E-state index in [-0.39, 0.29) is 0 Å². The van der Waals surface area contributed by atoms with Gasteiger partial charge in [-0.1, -0.05) is 12.8 Å². The van der Waals surface area contributed by atoms with Gasteiger partial charge >= 0.3 is 0 Å². The van der Waals surface area contributed by atoms with Crippen LogP contribution in [0.5, 0.6) is 0 Å². The van der Waals surface area contributed by atoms with E-state index in [2.05, 4.69) is 43.6 Å². The molecule has 0 unspecified atom stereocenters. The summed E-state index contributed by atoms with van der Waals surface area (Å²) in [5, 5.41) is 9.80. The van der Waals surface area contributed by atoms with Crippen LogP contribution < -0.4 is 5.32 Å². The molecule has 5 rings (SSSR count). The quantitative estimate of drug-likeness (QED) is 0.603. The minimum atomic E-state index is 0.536. The zero-order valence-corrected chi connectivity index (χ0v) is 13.3. The van der Waals surface area contributed by atoms with E-state index in [0.717, 1.165) is 27.6 Å². The summed E-state index contributed by atoms with van der Waals surface area (Å²) in [4.78, 5) is 13.6. The van der Waals surface area contributed by atoms with Gasteiger partial charge in [-0.3, -0.25) is 5.10 Å². The summed E-state index contributed by atoms with van der Waals surface area (Å²) in [5.74, 6) is 1.52. The van der Waals surface area contributed by atoms with Gasteiger partial charge in [-0.05, 0) is 31.0 Å². The fraction of sp³-hybridized carbons (Fsp3) is 0.312. The molecule has 116 valence electrons. The number of anilines is 1. The van der Waals surface area contributed by atoms with Crippen LogP contribution in [-0.4, -0.2) is 30.6 Å². The SMILES string of the molecule is c1csc(-c2ccc3c(c2)nc2nc(NC4CCCC4)[nH]n23)n1. The highest BCUT2D eigenvalue weighted by molar-refractivity contribution is 7.13. The lowest BCUT2D eigenvalue weighted by Crippen LogP contribution is -2.15. The molecule has 0 bridgehead atoms. The zero-order valence-electron chi connectivity index (χ0n) is 12.5. The number of hydrogen-bond acceptors (Lipinski definition) is 5. The van der Waals surface area contributed by atoms with Crippen LogP contribution in [-0.2, 0) is 0 Å². The molecule has 1 fully saturated rings. The third-order valence-corrected chi connectivity index (χ3v) is 5.26. The molecule has 0 aliphatic heterocycles. The summed E-state index contributed by atoms with van der Waals surface area (Å²) >= 11 is 1.63. The standard InChI is InChI=1S/C16H16N6S/c1-2-4-11(3-1)18-15-20-16-19-12-9-10(14-17-7-8-23-14)5-6-13(12)22(16)21-15/h5-9,11H,1-4H2,(H2,18,19,20,21). The van der Waals surface area contributed by atoms with Crippen LogP contribution in [0.3, 0.4) is 0 Å². The van der Waals surface area contributed by atoms with Gasteiger partial charge in [0.15, 0.2) is 0 Å². The Morgan fingerprint density at radius 2 is 2.13 bits per heavy atom. The number of fused-ring (bicyclic) bond motifs is 3. The second-order valence-electron chi connectivity index (χ2n) is 5.99. The second-order valence-corrected chi connectivity index (χ2v) is 6.88. The molecule has 4 aromatic rings. The molecule has 3 aromatic heterocycles. The number of hydrogen-bond donors (Lipinski definition) is 2. The molecule has 0 amide bonds. The van der Waals surface area contributed by atoms with Gasteiger partial charge in [0.2, 0.25) is 5.95 Å². The Kier molecular flexibility index (Phi) is 2.87. The molecule has 0 atom stereocenters. The summed E-state index contributed by atoms with van der Waals surface area (Å²) in [7, 11) is 0. The third-order valence-electron chi connectivity index (χ3n) is 4.44. The highest BCUT2D eigenvalue weighted by Gasteiger charge is 2.17. The maximum atomic E-state index is 4.64. The van der Waals surface area contributed by atoms with Crippen LogP contribution in [0.15, 0.2) is 29.8 Å². The molecular formula is C16H16N6S. The molecule has 0 spiro atoms. The number of thiazole rings is 1. The second kappa shape index (κ2) is 5.06. The number of aromatic nitrogens is 5. The number of aromatic amines is 1. The maximum Gasteiger partial charge on any atom is 0.253 e. The van der Waals surface area contributed by atoms with E-state index in [1.165, 1.54) is 25.7 Å².